The molecule has 5 nitrogen and oxygen atoms in total. The third kappa shape index (κ3) is 2.84. The maximum absolute atomic E-state index is 13.6. The Morgan fingerprint density at radius 1 is 1.37 bits per heavy atom. The van der Waals surface area contributed by atoms with Gasteiger partial charge in [0.15, 0.2) is 0 Å². The number of benzene rings is 1. The van der Waals surface area contributed by atoms with Crippen LogP contribution in [0, 0.1) is 15.9 Å². The van der Waals surface area contributed by atoms with Crippen molar-refractivity contribution in [2.24, 2.45) is 5.73 Å². The predicted molar refractivity (Wildman–Crippen MR) is 71.7 cm³/mol. The number of para-hydroxylation sites is 1. The van der Waals surface area contributed by atoms with Crippen molar-refractivity contribution in [3.63, 3.8) is 0 Å². The molecule has 0 saturated heterocycles. The van der Waals surface area contributed by atoms with E-state index in [2.05, 4.69) is 0 Å². The van der Waals surface area contributed by atoms with Gasteiger partial charge >= 0.3 is 5.69 Å². The van der Waals surface area contributed by atoms with Gasteiger partial charge in [-0.2, -0.15) is 4.39 Å². The van der Waals surface area contributed by atoms with E-state index in [1.165, 1.54) is 6.07 Å². The summed E-state index contributed by atoms with van der Waals surface area (Å²) in [6, 6.07) is 4.61. The molecule has 0 heterocycles. The minimum Gasteiger partial charge on any atom is -0.366 e. The van der Waals surface area contributed by atoms with Gasteiger partial charge in [0.1, 0.15) is 5.69 Å². The number of rotatable bonds is 3. The summed E-state index contributed by atoms with van der Waals surface area (Å²) < 4.78 is 13.6. The van der Waals surface area contributed by atoms with Gasteiger partial charge in [-0.05, 0) is 37.8 Å². The fraction of sp³-hybridized carbons (Fsp3) is 0.538. The number of nitrogens with zero attached hydrogens (tertiary/aromatic N) is 2. The van der Waals surface area contributed by atoms with Crippen LogP contribution in [-0.2, 0) is 0 Å². The summed E-state index contributed by atoms with van der Waals surface area (Å²) in [5, 5.41) is 11.0. The number of anilines is 1. The normalized spacial score (nSPS) is 23.1. The lowest BCUT2D eigenvalue weighted by molar-refractivity contribution is -0.386. The van der Waals surface area contributed by atoms with E-state index >= 15 is 0 Å². The Hall–Kier alpha value is -1.69. The van der Waals surface area contributed by atoms with Crippen molar-refractivity contribution in [2.75, 3.05) is 11.9 Å². The molecule has 0 unspecified atom stereocenters. The van der Waals surface area contributed by atoms with Crippen molar-refractivity contribution < 1.29 is 9.31 Å². The molecule has 0 bridgehead atoms. The third-order valence-electron chi connectivity index (χ3n) is 3.82. The summed E-state index contributed by atoms with van der Waals surface area (Å²) in [4.78, 5) is 12.2. The largest absolute Gasteiger partial charge is 0.366 e. The first-order valence-electron chi connectivity index (χ1n) is 6.42. The first-order valence-corrected chi connectivity index (χ1v) is 6.42. The van der Waals surface area contributed by atoms with Crippen molar-refractivity contribution in [1.82, 2.24) is 0 Å². The van der Waals surface area contributed by atoms with E-state index in [0.29, 0.717) is 5.69 Å². The minimum absolute atomic E-state index is 0.181. The lowest BCUT2D eigenvalue weighted by Gasteiger charge is -2.34. The molecule has 0 radical (unpaired) electrons. The van der Waals surface area contributed by atoms with E-state index in [1.54, 1.807) is 13.1 Å². The standard InChI is InChI=1S/C13H18FN3O2/c1-16(10-7-5-9(15)6-8-10)12-4-2-3-11(14)13(12)17(18)19/h2-4,9-10H,5-8,15H2,1H3. The highest BCUT2D eigenvalue weighted by atomic mass is 19.1. The third-order valence-corrected chi connectivity index (χ3v) is 3.82. The zero-order valence-corrected chi connectivity index (χ0v) is 10.9. The monoisotopic (exact) mass is 267 g/mol. The van der Waals surface area contributed by atoms with Gasteiger partial charge in [-0.3, -0.25) is 10.1 Å². The number of nitrogens with two attached hydrogens (primary N) is 1. The summed E-state index contributed by atoms with van der Waals surface area (Å²) in [5.74, 6) is -0.790. The first kappa shape index (κ1) is 13.7. The van der Waals surface area contributed by atoms with Crippen LogP contribution in [-0.4, -0.2) is 24.1 Å². The molecule has 0 amide bonds. The quantitative estimate of drug-likeness (QED) is 0.674. The van der Waals surface area contributed by atoms with Crippen molar-refractivity contribution in [3.05, 3.63) is 34.1 Å². The fourth-order valence-corrected chi connectivity index (χ4v) is 2.65. The second-order valence-corrected chi connectivity index (χ2v) is 5.04. The van der Waals surface area contributed by atoms with Gasteiger partial charge in [0.25, 0.3) is 0 Å². The van der Waals surface area contributed by atoms with E-state index in [4.69, 9.17) is 5.73 Å². The average molecular weight is 267 g/mol. The lowest BCUT2D eigenvalue weighted by atomic mass is 9.90. The van der Waals surface area contributed by atoms with Crippen LogP contribution in [0.2, 0.25) is 0 Å². The Kier molecular flexibility index (Phi) is 3.99. The predicted octanol–water partition coefficient (Wildman–Crippen LogP) is 2.44. The molecule has 1 aromatic carbocycles. The highest BCUT2D eigenvalue weighted by molar-refractivity contribution is 5.64. The fourth-order valence-electron chi connectivity index (χ4n) is 2.65. The summed E-state index contributed by atoms with van der Waals surface area (Å²) >= 11 is 0. The average Bonchev–Trinajstić information content (AvgIpc) is 2.38. The summed E-state index contributed by atoms with van der Waals surface area (Å²) in [6.45, 7) is 0. The van der Waals surface area contributed by atoms with Crippen LogP contribution >= 0.6 is 0 Å². The molecule has 2 N–H and O–H groups in total. The molecule has 1 saturated carbocycles. The van der Waals surface area contributed by atoms with Crippen LogP contribution in [0.5, 0.6) is 0 Å². The number of hydrogen-bond acceptors (Lipinski definition) is 4. The second kappa shape index (κ2) is 5.52. The molecule has 0 aliphatic heterocycles. The van der Waals surface area contributed by atoms with Crippen LogP contribution in [0.1, 0.15) is 25.7 Å². The van der Waals surface area contributed by atoms with Gasteiger partial charge in [-0.25, -0.2) is 0 Å². The Morgan fingerprint density at radius 3 is 2.58 bits per heavy atom. The van der Waals surface area contributed by atoms with E-state index in [1.807, 2.05) is 4.90 Å². The van der Waals surface area contributed by atoms with E-state index in [0.717, 1.165) is 31.7 Å². The van der Waals surface area contributed by atoms with Crippen molar-refractivity contribution >= 4 is 11.4 Å². The van der Waals surface area contributed by atoms with Crippen LogP contribution < -0.4 is 10.6 Å². The second-order valence-electron chi connectivity index (χ2n) is 5.04. The van der Waals surface area contributed by atoms with Crippen LogP contribution in [0.25, 0.3) is 0 Å². The smallest absolute Gasteiger partial charge is 0.327 e. The summed E-state index contributed by atoms with van der Waals surface area (Å²) in [6.07, 6.45) is 3.56. The van der Waals surface area contributed by atoms with E-state index < -0.39 is 16.4 Å². The van der Waals surface area contributed by atoms with Crippen molar-refractivity contribution in [2.45, 2.75) is 37.8 Å². The SMILES string of the molecule is CN(c1cccc(F)c1[N+](=O)[O-])C1CCC(N)CC1. The molecule has 19 heavy (non-hydrogen) atoms. The molecule has 6 heteroatoms. The molecule has 2 rings (SSSR count). The Labute approximate surface area is 111 Å². The van der Waals surface area contributed by atoms with E-state index in [-0.39, 0.29) is 12.1 Å². The Bertz CT molecular complexity index is 473. The molecule has 0 atom stereocenters. The molecule has 1 aliphatic carbocycles. The zero-order chi connectivity index (χ0) is 14.0. The lowest BCUT2D eigenvalue weighted by Crippen LogP contribution is -2.39. The summed E-state index contributed by atoms with van der Waals surface area (Å²) in [7, 11) is 1.78. The molecule has 104 valence electrons. The Morgan fingerprint density at radius 2 is 2.00 bits per heavy atom. The molecular formula is C13H18FN3O2. The number of nitro groups is 1. The van der Waals surface area contributed by atoms with Gasteiger partial charge in [-0.1, -0.05) is 6.07 Å². The molecule has 0 aromatic heterocycles. The van der Waals surface area contributed by atoms with Crippen molar-refractivity contribution in [3.8, 4) is 0 Å². The Balaban J connectivity index is 2.26. The molecule has 1 aliphatic rings. The minimum atomic E-state index is -0.790. The van der Waals surface area contributed by atoms with E-state index in [9.17, 15) is 14.5 Å². The maximum atomic E-state index is 13.6. The highest BCUT2D eigenvalue weighted by Crippen LogP contribution is 2.34. The van der Waals surface area contributed by atoms with Gasteiger partial charge in [0, 0.05) is 19.1 Å². The number of nitro benzene ring substituents is 1. The van der Waals surface area contributed by atoms with Gasteiger partial charge in [0.05, 0.1) is 4.92 Å². The molecule has 1 fully saturated rings. The molecule has 0 spiro atoms. The molecular weight excluding hydrogens is 249 g/mol. The maximum Gasteiger partial charge on any atom is 0.327 e. The summed E-state index contributed by atoms with van der Waals surface area (Å²) in [5.41, 5.74) is 5.75. The number of hydrogen-bond donors (Lipinski definition) is 1. The van der Waals surface area contributed by atoms with Crippen LogP contribution in [0.15, 0.2) is 18.2 Å². The van der Waals surface area contributed by atoms with Gasteiger partial charge < -0.3 is 10.6 Å². The van der Waals surface area contributed by atoms with Gasteiger partial charge in [-0.15, -0.1) is 0 Å². The zero-order valence-electron chi connectivity index (χ0n) is 10.9. The first-order chi connectivity index (χ1) is 9.00. The van der Waals surface area contributed by atoms with Crippen LogP contribution in [0.4, 0.5) is 15.8 Å². The van der Waals surface area contributed by atoms with Gasteiger partial charge in [0.2, 0.25) is 5.82 Å². The molecule has 1 aromatic rings. The topological polar surface area (TPSA) is 72.4 Å². The van der Waals surface area contributed by atoms with Crippen LogP contribution in [0.3, 0.4) is 0 Å². The van der Waals surface area contributed by atoms with Crippen molar-refractivity contribution in [1.29, 1.82) is 0 Å². The highest BCUT2D eigenvalue weighted by Gasteiger charge is 2.28. The number of halogens is 1.